The van der Waals surface area contributed by atoms with Crippen LogP contribution in [-0.4, -0.2) is 23.9 Å². The lowest BCUT2D eigenvalue weighted by molar-refractivity contribution is -0.111. The summed E-state index contributed by atoms with van der Waals surface area (Å²) >= 11 is -0.193. The Balaban J connectivity index is 1.97. The zero-order chi connectivity index (χ0) is 19.9. The first-order valence-electron chi connectivity index (χ1n) is 8.00. The van der Waals surface area contributed by atoms with E-state index in [1.54, 1.807) is 24.3 Å². The molecule has 0 aliphatic carbocycles. The monoisotopic (exact) mass is 394 g/mol. The first-order valence-corrected chi connectivity index (χ1v) is 8.81. The van der Waals surface area contributed by atoms with Crippen molar-refractivity contribution in [1.29, 1.82) is 0 Å². The molecule has 0 radical (unpaired) electrons. The number of carbonyl (C=O) groups is 2. The van der Waals surface area contributed by atoms with Crippen molar-refractivity contribution in [2.24, 2.45) is 0 Å². The summed E-state index contributed by atoms with van der Waals surface area (Å²) in [5.41, 5.74) is -2.85. The molecule has 0 bridgehead atoms. The van der Waals surface area contributed by atoms with Crippen molar-refractivity contribution in [2.75, 3.05) is 11.9 Å². The molecule has 0 saturated carbocycles. The standard InChI is InChI=1S/C19H17F3N2O2S/c1-2-23-18(26)14-4-3-5-15(12-14)24-17(25)11-8-13-6-9-16(10-7-13)27-19(20,21)22/h3-12H,2H2,1H3,(H,23,26)(H,24,25)/b11-8+. The minimum atomic E-state index is -4.33. The van der Waals surface area contributed by atoms with E-state index in [1.165, 1.54) is 36.4 Å². The second kappa shape index (κ2) is 9.27. The highest BCUT2D eigenvalue weighted by molar-refractivity contribution is 8.00. The van der Waals surface area contributed by atoms with Crippen molar-refractivity contribution in [2.45, 2.75) is 17.3 Å². The van der Waals surface area contributed by atoms with Crippen LogP contribution in [0.2, 0.25) is 0 Å². The Kier molecular flexibility index (Phi) is 7.06. The Morgan fingerprint density at radius 3 is 2.44 bits per heavy atom. The molecule has 2 aromatic rings. The van der Waals surface area contributed by atoms with Gasteiger partial charge in [-0.3, -0.25) is 9.59 Å². The molecule has 8 heteroatoms. The van der Waals surface area contributed by atoms with Crippen LogP contribution in [0.25, 0.3) is 6.08 Å². The van der Waals surface area contributed by atoms with Gasteiger partial charge >= 0.3 is 5.51 Å². The zero-order valence-corrected chi connectivity index (χ0v) is 15.2. The summed E-state index contributed by atoms with van der Waals surface area (Å²) in [6.07, 6.45) is 2.76. The van der Waals surface area contributed by atoms with Crippen LogP contribution in [0.3, 0.4) is 0 Å². The molecule has 0 aliphatic heterocycles. The first kappa shape index (κ1) is 20.6. The number of carbonyl (C=O) groups excluding carboxylic acids is 2. The average molecular weight is 394 g/mol. The van der Waals surface area contributed by atoms with Crippen molar-refractivity contribution >= 4 is 35.3 Å². The van der Waals surface area contributed by atoms with Gasteiger partial charge in [-0.25, -0.2) is 0 Å². The number of rotatable bonds is 6. The van der Waals surface area contributed by atoms with Crippen LogP contribution >= 0.6 is 11.8 Å². The number of hydrogen-bond acceptors (Lipinski definition) is 3. The number of alkyl halides is 3. The summed E-state index contributed by atoms with van der Waals surface area (Å²) in [6.45, 7) is 2.31. The lowest BCUT2D eigenvalue weighted by atomic mass is 10.2. The van der Waals surface area contributed by atoms with Gasteiger partial charge in [-0.15, -0.1) is 0 Å². The van der Waals surface area contributed by atoms with Crippen LogP contribution in [0.4, 0.5) is 18.9 Å². The molecule has 2 aromatic carbocycles. The third-order valence-corrected chi connectivity index (χ3v) is 4.01. The molecule has 0 heterocycles. The van der Waals surface area contributed by atoms with Crippen LogP contribution in [0.15, 0.2) is 59.5 Å². The van der Waals surface area contributed by atoms with E-state index >= 15 is 0 Å². The molecule has 0 saturated heterocycles. The van der Waals surface area contributed by atoms with Crippen LogP contribution in [-0.2, 0) is 4.79 Å². The fourth-order valence-corrected chi connectivity index (χ4v) is 2.68. The maximum atomic E-state index is 12.3. The highest BCUT2D eigenvalue weighted by Crippen LogP contribution is 2.36. The first-order chi connectivity index (χ1) is 12.8. The molecule has 2 rings (SSSR count). The van der Waals surface area contributed by atoms with Crippen molar-refractivity contribution in [3.63, 3.8) is 0 Å². The normalized spacial score (nSPS) is 11.4. The average Bonchev–Trinajstić information content (AvgIpc) is 2.60. The Labute approximate surface area is 158 Å². The third-order valence-electron chi connectivity index (χ3n) is 3.27. The smallest absolute Gasteiger partial charge is 0.352 e. The van der Waals surface area contributed by atoms with Gasteiger partial charge in [0.2, 0.25) is 5.91 Å². The molecule has 2 amide bonds. The Bertz CT molecular complexity index is 834. The van der Waals surface area contributed by atoms with Gasteiger partial charge in [0.15, 0.2) is 0 Å². The lowest BCUT2D eigenvalue weighted by Gasteiger charge is -2.06. The van der Waals surface area contributed by atoms with E-state index in [4.69, 9.17) is 0 Å². The van der Waals surface area contributed by atoms with Gasteiger partial charge in [0.25, 0.3) is 5.91 Å². The quantitative estimate of drug-likeness (QED) is 0.552. The van der Waals surface area contributed by atoms with E-state index in [9.17, 15) is 22.8 Å². The molecule has 0 spiro atoms. The molecule has 0 fully saturated rings. The van der Waals surface area contributed by atoms with Gasteiger partial charge in [0, 0.05) is 28.8 Å². The molecule has 0 aliphatic rings. The fourth-order valence-electron chi connectivity index (χ4n) is 2.14. The second-order valence-electron chi connectivity index (χ2n) is 5.38. The predicted molar refractivity (Wildman–Crippen MR) is 100 cm³/mol. The third kappa shape index (κ3) is 7.18. The van der Waals surface area contributed by atoms with E-state index in [2.05, 4.69) is 10.6 Å². The van der Waals surface area contributed by atoms with E-state index in [1.807, 2.05) is 6.92 Å². The predicted octanol–water partition coefficient (Wildman–Crippen LogP) is 4.70. The summed E-state index contributed by atoms with van der Waals surface area (Å²) in [4.78, 5) is 23.9. The van der Waals surface area contributed by atoms with Gasteiger partial charge in [-0.2, -0.15) is 13.2 Å². The molecule has 0 atom stereocenters. The van der Waals surface area contributed by atoms with Gasteiger partial charge < -0.3 is 10.6 Å². The minimum absolute atomic E-state index is 0.0753. The van der Waals surface area contributed by atoms with Crippen LogP contribution in [0.5, 0.6) is 0 Å². The summed E-state index contributed by atoms with van der Waals surface area (Å²) in [6, 6.07) is 12.2. The second-order valence-corrected chi connectivity index (χ2v) is 6.52. The van der Waals surface area contributed by atoms with E-state index < -0.39 is 11.4 Å². The molecule has 0 unspecified atom stereocenters. The number of amides is 2. The highest BCUT2D eigenvalue weighted by Gasteiger charge is 2.28. The van der Waals surface area contributed by atoms with Gasteiger partial charge in [-0.05, 0) is 60.7 Å². The molecule has 27 heavy (non-hydrogen) atoms. The molecule has 0 aromatic heterocycles. The number of thioether (sulfide) groups is 1. The highest BCUT2D eigenvalue weighted by atomic mass is 32.2. The largest absolute Gasteiger partial charge is 0.446 e. The van der Waals surface area contributed by atoms with E-state index in [0.29, 0.717) is 23.4 Å². The Morgan fingerprint density at radius 2 is 1.81 bits per heavy atom. The topological polar surface area (TPSA) is 58.2 Å². The van der Waals surface area contributed by atoms with Crippen molar-refractivity contribution in [3.8, 4) is 0 Å². The Hall–Kier alpha value is -2.74. The van der Waals surface area contributed by atoms with E-state index in [0.717, 1.165) is 0 Å². The van der Waals surface area contributed by atoms with Crippen molar-refractivity contribution in [3.05, 3.63) is 65.7 Å². The number of benzene rings is 2. The molecule has 142 valence electrons. The van der Waals surface area contributed by atoms with Crippen molar-refractivity contribution < 1.29 is 22.8 Å². The fraction of sp³-hybridized carbons (Fsp3) is 0.158. The van der Waals surface area contributed by atoms with Crippen LogP contribution in [0, 0.1) is 0 Å². The maximum absolute atomic E-state index is 12.3. The molecule has 2 N–H and O–H groups in total. The summed E-state index contributed by atoms with van der Waals surface area (Å²) in [5.74, 6) is -0.655. The van der Waals surface area contributed by atoms with Crippen molar-refractivity contribution in [1.82, 2.24) is 5.32 Å². The van der Waals surface area contributed by atoms with Gasteiger partial charge in [-0.1, -0.05) is 18.2 Å². The lowest BCUT2D eigenvalue weighted by Crippen LogP contribution is -2.22. The maximum Gasteiger partial charge on any atom is 0.446 e. The van der Waals surface area contributed by atoms with Crippen LogP contribution < -0.4 is 10.6 Å². The minimum Gasteiger partial charge on any atom is -0.352 e. The summed E-state index contributed by atoms with van der Waals surface area (Å²) in [7, 11) is 0. The number of halogens is 3. The van der Waals surface area contributed by atoms with E-state index in [-0.39, 0.29) is 22.6 Å². The molecule has 4 nitrogen and oxygen atoms in total. The number of nitrogens with one attached hydrogen (secondary N) is 2. The number of anilines is 1. The van der Waals surface area contributed by atoms with Gasteiger partial charge in [0.1, 0.15) is 0 Å². The number of hydrogen-bond donors (Lipinski definition) is 2. The van der Waals surface area contributed by atoms with Gasteiger partial charge in [0.05, 0.1) is 0 Å². The summed E-state index contributed by atoms with van der Waals surface area (Å²) in [5, 5.41) is 5.30. The zero-order valence-electron chi connectivity index (χ0n) is 14.3. The summed E-state index contributed by atoms with van der Waals surface area (Å²) < 4.78 is 36.9. The molecular formula is C19H17F3N2O2S. The Morgan fingerprint density at radius 1 is 1.11 bits per heavy atom. The molecular weight excluding hydrogens is 377 g/mol. The van der Waals surface area contributed by atoms with Crippen LogP contribution in [0.1, 0.15) is 22.8 Å². The SMILES string of the molecule is CCNC(=O)c1cccc(NC(=O)/C=C/c2ccc(SC(F)(F)F)cc2)c1.